The third kappa shape index (κ3) is 6.89. The number of carbonyl (C=O) groups is 2. The third-order valence-electron chi connectivity index (χ3n) is 2.82. The lowest BCUT2D eigenvalue weighted by molar-refractivity contribution is -0.139. The summed E-state index contributed by atoms with van der Waals surface area (Å²) in [5.74, 6) is -1.19. The van der Waals surface area contributed by atoms with Crippen LogP contribution in [0.3, 0.4) is 0 Å². The second kappa shape index (κ2) is 9.97. The van der Waals surface area contributed by atoms with Gasteiger partial charge in [-0.2, -0.15) is 0 Å². The van der Waals surface area contributed by atoms with Gasteiger partial charge in [0.2, 0.25) is 0 Å². The van der Waals surface area contributed by atoms with Crippen LogP contribution in [0.1, 0.15) is 18.4 Å². The summed E-state index contributed by atoms with van der Waals surface area (Å²) in [6.45, 7) is 1.26. The summed E-state index contributed by atoms with van der Waals surface area (Å²) < 4.78 is 4.78. The summed E-state index contributed by atoms with van der Waals surface area (Å²) in [7, 11) is 1.54. The zero-order chi connectivity index (χ0) is 14.6. The van der Waals surface area contributed by atoms with Crippen molar-refractivity contribution in [3.63, 3.8) is 0 Å². The van der Waals surface area contributed by atoms with Gasteiger partial charge in [-0.3, -0.25) is 9.59 Å². The molecular weight excluding hydrogens is 256 g/mol. The number of hydrogen-bond acceptors (Lipinski definition) is 3. The summed E-state index contributed by atoms with van der Waals surface area (Å²) in [6, 6.07) is 10.2. The number of benzene rings is 1. The van der Waals surface area contributed by atoms with E-state index in [1.807, 2.05) is 18.2 Å². The maximum Gasteiger partial charge on any atom is 0.309 e. The zero-order valence-electron chi connectivity index (χ0n) is 11.9. The van der Waals surface area contributed by atoms with Crippen molar-refractivity contribution in [3.8, 4) is 0 Å². The molecule has 1 rings (SSSR count). The minimum atomic E-state index is -0.606. The Balaban J connectivity index is 2.05. The van der Waals surface area contributed by atoms with Gasteiger partial charge in [0.05, 0.1) is 6.61 Å². The molecule has 0 aliphatic carbocycles. The summed E-state index contributed by atoms with van der Waals surface area (Å²) in [6.07, 6.45) is 2.82. The van der Waals surface area contributed by atoms with Gasteiger partial charge in [0, 0.05) is 20.2 Å². The van der Waals surface area contributed by atoms with Crippen LogP contribution in [0.25, 0.3) is 0 Å². The largest absolute Gasteiger partial charge is 0.383 e. The summed E-state index contributed by atoms with van der Waals surface area (Å²) in [5, 5.41) is 5.08. The van der Waals surface area contributed by atoms with E-state index in [9.17, 15) is 9.59 Å². The summed E-state index contributed by atoms with van der Waals surface area (Å²) >= 11 is 0. The van der Waals surface area contributed by atoms with Gasteiger partial charge in [-0.25, -0.2) is 0 Å². The van der Waals surface area contributed by atoms with Gasteiger partial charge in [-0.05, 0) is 24.8 Å². The molecule has 0 unspecified atom stereocenters. The van der Waals surface area contributed by atoms with Gasteiger partial charge in [-0.1, -0.05) is 30.3 Å². The van der Waals surface area contributed by atoms with E-state index in [0.717, 1.165) is 19.3 Å². The molecule has 0 aromatic heterocycles. The number of aryl methyl sites for hydroxylation is 1. The fraction of sp³-hybridized carbons (Fsp3) is 0.467. The SMILES string of the molecule is COCCNC(=O)C(=O)NCCCCc1ccccc1. The first-order chi connectivity index (χ1) is 9.74. The summed E-state index contributed by atoms with van der Waals surface area (Å²) in [4.78, 5) is 22.7. The number of amides is 2. The topological polar surface area (TPSA) is 67.4 Å². The molecule has 0 bridgehead atoms. The first-order valence-electron chi connectivity index (χ1n) is 6.83. The minimum absolute atomic E-state index is 0.344. The number of unbranched alkanes of at least 4 members (excludes halogenated alkanes) is 1. The van der Waals surface area contributed by atoms with E-state index < -0.39 is 11.8 Å². The molecule has 0 saturated heterocycles. The highest BCUT2D eigenvalue weighted by Gasteiger charge is 2.11. The molecule has 2 N–H and O–H groups in total. The lowest BCUT2D eigenvalue weighted by Gasteiger charge is -2.06. The Morgan fingerprint density at radius 2 is 1.65 bits per heavy atom. The van der Waals surface area contributed by atoms with E-state index in [4.69, 9.17) is 4.74 Å². The molecule has 0 saturated carbocycles. The zero-order valence-corrected chi connectivity index (χ0v) is 11.9. The predicted octanol–water partition coefficient (Wildman–Crippen LogP) is 0.888. The number of rotatable bonds is 8. The smallest absolute Gasteiger partial charge is 0.309 e. The number of methoxy groups -OCH3 is 1. The maximum atomic E-state index is 11.4. The first kappa shape index (κ1) is 16.2. The number of carbonyl (C=O) groups excluding carboxylic acids is 2. The number of nitrogens with one attached hydrogen (secondary N) is 2. The van der Waals surface area contributed by atoms with Crippen LogP contribution < -0.4 is 10.6 Å². The van der Waals surface area contributed by atoms with Crippen LogP contribution in [-0.4, -0.2) is 38.6 Å². The minimum Gasteiger partial charge on any atom is -0.383 e. The monoisotopic (exact) mass is 278 g/mol. The van der Waals surface area contributed by atoms with Crippen LogP contribution in [0.5, 0.6) is 0 Å². The molecule has 0 spiro atoms. The van der Waals surface area contributed by atoms with Crippen LogP contribution in [0.2, 0.25) is 0 Å². The van der Waals surface area contributed by atoms with Crippen molar-refractivity contribution in [1.29, 1.82) is 0 Å². The van der Waals surface area contributed by atoms with Crippen molar-refractivity contribution in [2.75, 3.05) is 26.8 Å². The van der Waals surface area contributed by atoms with Crippen LogP contribution in [0.15, 0.2) is 30.3 Å². The van der Waals surface area contributed by atoms with Gasteiger partial charge in [0.15, 0.2) is 0 Å². The normalized spacial score (nSPS) is 10.1. The molecule has 1 aromatic rings. The van der Waals surface area contributed by atoms with E-state index in [1.54, 1.807) is 7.11 Å². The second-order valence-corrected chi connectivity index (χ2v) is 4.45. The lowest BCUT2D eigenvalue weighted by atomic mass is 10.1. The molecule has 2 amide bonds. The standard InChI is InChI=1S/C15H22N2O3/c1-20-12-11-17-15(19)14(18)16-10-6-5-9-13-7-3-2-4-8-13/h2-4,7-8H,5-6,9-12H2,1H3,(H,16,18)(H,17,19). The molecular formula is C15H22N2O3. The number of hydrogen-bond donors (Lipinski definition) is 2. The molecule has 0 radical (unpaired) electrons. The highest BCUT2D eigenvalue weighted by atomic mass is 16.5. The van der Waals surface area contributed by atoms with E-state index in [-0.39, 0.29) is 0 Å². The first-order valence-corrected chi connectivity index (χ1v) is 6.83. The molecule has 1 aromatic carbocycles. The predicted molar refractivity (Wildman–Crippen MR) is 77.3 cm³/mol. The van der Waals surface area contributed by atoms with Crippen LogP contribution in [0, 0.1) is 0 Å². The van der Waals surface area contributed by atoms with Crippen LogP contribution in [-0.2, 0) is 20.7 Å². The van der Waals surface area contributed by atoms with Gasteiger partial charge >= 0.3 is 11.8 Å². The van der Waals surface area contributed by atoms with Gasteiger partial charge < -0.3 is 15.4 Å². The molecule has 0 atom stereocenters. The van der Waals surface area contributed by atoms with Crippen molar-refractivity contribution in [2.45, 2.75) is 19.3 Å². The third-order valence-corrected chi connectivity index (χ3v) is 2.82. The van der Waals surface area contributed by atoms with Gasteiger partial charge in [-0.15, -0.1) is 0 Å². The Labute approximate surface area is 119 Å². The van der Waals surface area contributed by atoms with Crippen LogP contribution >= 0.6 is 0 Å². The Kier molecular flexibility index (Phi) is 8.07. The highest BCUT2D eigenvalue weighted by Crippen LogP contribution is 2.03. The van der Waals surface area contributed by atoms with Crippen molar-refractivity contribution in [1.82, 2.24) is 10.6 Å². The van der Waals surface area contributed by atoms with Crippen molar-refractivity contribution in [2.24, 2.45) is 0 Å². The van der Waals surface area contributed by atoms with Gasteiger partial charge in [0.25, 0.3) is 0 Å². The van der Waals surface area contributed by atoms with E-state index in [0.29, 0.717) is 19.7 Å². The molecule has 20 heavy (non-hydrogen) atoms. The van der Waals surface area contributed by atoms with E-state index in [1.165, 1.54) is 5.56 Å². The highest BCUT2D eigenvalue weighted by molar-refractivity contribution is 6.35. The van der Waals surface area contributed by atoms with Crippen LogP contribution in [0.4, 0.5) is 0 Å². The molecule has 110 valence electrons. The Hall–Kier alpha value is -1.88. The maximum absolute atomic E-state index is 11.4. The van der Waals surface area contributed by atoms with Crippen molar-refractivity contribution >= 4 is 11.8 Å². The fourth-order valence-corrected chi connectivity index (χ4v) is 1.73. The second-order valence-electron chi connectivity index (χ2n) is 4.45. The molecule has 0 aliphatic heterocycles. The van der Waals surface area contributed by atoms with Gasteiger partial charge in [0.1, 0.15) is 0 Å². The molecule has 0 heterocycles. The Bertz CT molecular complexity index is 407. The Morgan fingerprint density at radius 1 is 1.00 bits per heavy atom. The van der Waals surface area contributed by atoms with E-state index >= 15 is 0 Å². The average Bonchev–Trinajstić information content (AvgIpc) is 2.48. The fourth-order valence-electron chi connectivity index (χ4n) is 1.73. The van der Waals surface area contributed by atoms with Crippen molar-refractivity contribution < 1.29 is 14.3 Å². The molecule has 0 fully saturated rings. The number of ether oxygens (including phenoxy) is 1. The Morgan fingerprint density at radius 3 is 2.30 bits per heavy atom. The average molecular weight is 278 g/mol. The quantitative estimate of drug-likeness (QED) is 0.548. The molecule has 5 nitrogen and oxygen atoms in total. The van der Waals surface area contributed by atoms with E-state index in [2.05, 4.69) is 22.8 Å². The molecule has 5 heteroatoms. The lowest BCUT2D eigenvalue weighted by Crippen LogP contribution is -2.41. The molecule has 0 aliphatic rings. The van der Waals surface area contributed by atoms with Crippen molar-refractivity contribution in [3.05, 3.63) is 35.9 Å². The summed E-state index contributed by atoms with van der Waals surface area (Å²) in [5.41, 5.74) is 1.29.